The Bertz CT molecular complexity index is 1220. The quantitative estimate of drug-likeness (QED) is 0.106. The minimum Gasteiger partial charge on any atom is -0.207 e. The van der Waals surface area contributed by atoms with Crippen molar-refractivity contribution in [3.8, 4) is 0 Å². The van der Waals surface area contributed by atoms with E-state index in [-0.39, 0.29) is 0 Å². The van der Waals surface area contributed by atoms with Gasteiger partial charge in [0.05, 0.1) is 21.6 Å². The maximum atomic E-state index is 15.6. The molecule has 0 radical (unpaired) electrons. The molecule has 230 valence electrons. The van der Waals surface area contributed by atoms with Crippen LogP contribution in [-0.4, -0.2) is 27.3 Å². The molecule has 1 aliphatic rings. The largest absolute Gasteiger partial charge is 0.207 e. The lowest BCUT2D eigenvalue weighted by atomic mass is 9.17. The van der Waals surface area contributed by atoms with Crippen LogP contribution in [0.1, 0.15) is 69.2 Å². The Kier molecular flexibility index (Phi) is 8.36. The van der Waals surface area contributed by atoms with E-state index < -0.39 is 122 Å². The van der Waals surface area contributed by atoms with E-state index in [1.165, 1.54) is 0 Å². The molecule has 41 heavy (non-hydrogen) atoms. The molecule has 2 aromatic rings. The molecule has 0 saturated carbocycles. The van der Waals surface area contributed by atoms with Crippen LogP contribution in [0.3, 0.4) is 0 Å². The molecule has 1 heterocycles. The van der Waals surface area contributed by atoms with Crippen LogP contribution in [0.15, 0.2) is 0 Å². The molecule has 2 aromatic carbocycles. The third kappa shape index (κ3) is 4.53. The van der Waals surface area contributed by atoms with Crippen LogP contribution in [0.5, 0.6) is 0 Å². The van der Waals surface area contributed by atoms with Crippen molar-refractivity contribution >= 4 is 24.3 Å². The molecule has 0 N–H and O–H groups in total. The van der Waals surface area contributed by atoms with Gasteiger partial charge in [-0.1, -0.05) is 6.92 Å². The third-order valence-corrected chi connectivity index (χ3v) is 17.4. The maximum absolute atomic E-state index is 15.6. The molecular formula is C29H36BF10P. The molecule has 1 aliphatic heterocycles. The summed E-state index contributed by atoms with van der Waals surface area (Å²) >= 11 is 0. The Morgan fingerprint density at radius 3 is 0.951 bits per heavy atom. The van der Waals surface area contributed by atoms with Crippen molar-refractivity contribution < 1.29 is 43.9 Å². The van der Waals surface area contributed by atoms with Crippen molar-refractivity contribution in [3.63, 3.8) is 0 Å². The summed E-state index contributed by atoms with van der Waals surface area (Å²) in [4.78, 5) is 0. The highest BCUT2D eigenvalue weighted by molar-refractivity contribution is 7.80. The fourth-order valence-electron chi connectivity index (χ4n) is 9.41. The number of hydrogen-bond acceptors (Lipinski definition) is 0. The molecule has 0 spiro atoms. The molecule has 0 nitrogen and oxygen atoms in total. The minimum absolute atomic E-state index is 0.526. The van der Waals surface area contributed by atoms with Crippen LogP contribution in [-0.2, 0) is 0 Å². The summed E-state index contributed by atoms with van der Waals surface area (Å²) in [5, 5.41) is -1.58. The Labute approximate surface area is 235 Å². The summed E-state index contributed by atoms with van der Waals surface area (Å²) in [6.45, 7) is 19.3. The molecule has 0 aliphatic carbocycles. The van der Waals surface area contributed by atoms with Crippen molar-refractivity contribution in [1.29, 1.82) is 0 Å². The Morgan fingerprint density at radius 2 is 0.707 bits per heavy atom. The minimum atomic E-state index is -3.76. The zero-order valence-corrected chi connectivity index (χ0v) is 25.8. The molecule has 2 atom stereocenters. The average molecular weight is 616 g/mol. The Hall–Kier alpha value is -1.77. The lowest BCUT2D eigenvalue weighted by Crippen LogP contribution is -2.63. The fourth-order valence-corrected chi connectivity index (χ4v) is 20.0. The van der Waals surface area contributed by atoms with Crippen LogP contribution in [0, 0.1) is 64.1 Å². The van der Waals surface area contributed by atoms with E-state index in [9.17, 15) is 26.3 Å². The summed E-state index contributed by atoms with van der Waals surface area (Å²) in [5.41, 5.74) is -3.69. The molecule has 0 unspecified atom stereocenters. The number of halogens is 10. The summed E-state index contributed by atoms with van der Waals surface area (Å²) < 4.78 is 149. The van der Waals surface area contributed by atoms with Gasteiger partial charge in [-0.15, -0.1) is 17.2 Å². The fraction of sp³-hybridized carbons (Fsp3) is 0.586. The van der Waals surface area contributed by atoms with Crippen LogP contribution >= 0.6 is 7.26 Å². The van der Waals surface area contributed by atoms with Gasteiger partial charge in [-0.2, -0.15) is 6.32 Å². The molecular weight excluding hydrogens is 580 g/mol. The standard InChI is InChI=1S/C29H36BF10P/c1-13-11-30(15-17(31)21(35)25(39)22(36)18(15)32,16-19(33)23(37)26(40)24(38)20(16)34)12-14(13)41(27(2,3)4,28(5,6)7)29(8,9)10/h13-14H,11-12H2,1-10H3/t13-,14-/m0/s1. The smallest absolute Gasteiger partial charge is 0.200 e. The first kappa shape index (κ1) is 33.7. The summed E-state index contributed by atoms with van der Waals surface area (Å²) in [5.74, 6) is -24.4. The highest BCUT2D eigenvalue weighted by atomic mass is 31.2. The summed E-state index contributed by atoms with van der Waals surface area (Å²) in [6, 6.07) is 0. The van der Waals surface area contributed by atoms with E-state index in [0.29, 0.717) is 0 Å². The number of benzene rings is 2. The van der Waals surface area contributed by atoms with Crippen LogP contribution in [0.2, 0.25) is 12.6 Å². The topological polar surface area (TPSA) is 0 Å². The Balaban J connectivity index is 2.63. The molecule has 1 fully saturated rings. The lowest BCUT2D eigenvalue weighted by Gasteiger charge is -2.59. The van der Waals surface area contributed by atoms with E-state index in [1.54, 1.807) is 6.92 Å². The third-order valence-electron chi connectivity index (χ3n) is 9.34. The van der Waals surface area contributed by atoms with Gasteiger partial charge in [-0.05, 0) is 68.2 Å². The number of rotatable bonds is 3. The monoisotopic (exact) mass is 616 g/mol. The molecule has 0 bridgehead atoms. The molecule has 0 aromatic heterocycles. The molecule has 0 amide bonds. The van der Waals surface area contributed by atoms with E-state index in [0.717, 1.165) is 0 Å². The van der Waals surface area contributed by atoms with Crippen LogP contribution in [0.25, 0.3) is 0 Å². The van der Waals surface area contributed by atoms with E-state index >= 15 is 17.6 Å². The second-order valence-electron chi connectivity index (χ2n) is 14.5. The highest BCUT2D eigenvalue weighted by Gasteiger charge is 2.71. The van der Waals surface area contributed by atoms with Gasteiger partial charge in [-0.25, -0.2) is 43.9 Å². The van der Waals surface area contributed by atoms with E-state index in [1.807, 2.05) is 62.3 Å². The van der Waals surface area contributed by atoms with Gasteiger partial charge in [-0.3, -0.25) is 0 Å². The predicted octanol–water partition coefficient (Wildman–Crippen LogP) is 9.07. The Morgan fingerprint density at radius 1 is 0.463 bits per heavy atom. The highest BCUT2D eigenvalue weighted by Crippen LogP contribution is 2.88. The molecule has 1 saturated heterocycles. The molecule has 3 rings (SSSR count). The van der Waals surface area contributed by atoms with Crippen molar-refractivity contribution in [3.05, 3.63) is 58.2 Å². The van der Waals surface area contributed by atoms with Gasteiger partial charge in [0.15, 0.2) is 34.9 Å². The van der Waals surface area contributed by atoms with Crippen LogP contribution < -0.4 is 10.9 Å². The normalized spacial score (nSPS) is 20.2. The maximum Gasteiger partial charge on any atom is 0.200 e. The van der Waals surface area contributed by atoms with Crippen molar-refractivity contribution in [2.45, 2.75) is 103 Å². The molecule has 12 heteroatoms. The second kappa shape index (κ2) is 10.2. The van der Waals surface area contributed by atoms with Gasteiger partial charge >= 0.3 is 0 Å². The van der Waals surface area contributed by atoms with Crippen molar-refractivity contribution in [2.75, 3.05) is 0 Å². The van der Waals surface area contributed by atoms with E-state index in [2.05, 4.69) is 0 Å². The summed E-state index contributed by atoms with van der Waals surface area (Å²) in [6.07, 6.45) is -4.87. The first-order chi connectivity index (χ1) is 18.3. The van der Waals surface area contributed by atoms with Crippen LogP contribution in [0.4, 0.5) is 43.9 Å². The van der Waals surface area contributed by atoms with Crippen molar-refractivity contribution in [1.82, 2.24) is 0 Å². The zero-order valence-electron chi connectivity index (χ0n) is 24.9. The van der Waals surface area contributed by atoms with Crippen molar-refractivity contribution in [2.24, 2.45) is 5.92 Å². The van der Waals surface area contributed by atoms with E-state index in [4.69, 9.17) is 0 Å². The SMILES string of the molecule is C[C@H]1C[B-](c2c(F)c(F)c(F)c(F)c2F)(c2c(F)c(F)c(F)c(F)c2F)C[C@@H]1[P+](C(C)(C)C)(C(C)(C)C)C(C)(C)C. The summed E-state index contributed by atoms with van der Waals surface area (Å²) in [7, 11) is -2.60. The predicted molar refractivity (Wildman–Crippen MR) is 146 cm³/mol. The first-order valence-electron chi connectivity index (χ1n) is 13.4. The lowest BCUT2D eigenvalue weighted by molar-refractivity contribution is 0.381. The van der Waals surface area contributed by atoms with Gasteiger partial charge in [0.2, 0.25) is 0 Å². The second-order valence-corrected chi connectivity index (χ2v) is 20.6. The van der Waals surface area contributed by atoms with Gasteiger partial charge in [0.1, 0.15) is 23.3 Å². The van der Waals surface area contributed by atoms with Gasteiger partial charge in [0, 0.05) is 12.9 Å². The van der Waals surface area contributed by atoms with Gasteiger partial charge < -0.3 is 0 Å². The zero-order chi connectivity index (χ0) is 32.0. The van der Waals surface area contributed by atoms with Gasteiger partial charge in [0.25, 0.3) is 0 Å². The average Bonchev–Trinajstić information content (AvgIpc) is 3.13. The number of hydrogen-bond donors (Lipinski definition) is 0. The first-order valence-corrected chi connectivity index (χ1v) is 15.3.